The van der Waals surface area contributed by atoms with Crippen molar-refractivity contribution in [2.24, 2.45) is 0 Å². The van der Waals surface area contributed by atoms with Crippen LogP contribution in [0.4, 0.5) is 5.69 Å². The van der Waals surface area contributed by atoms with Gasteiger partial charge in [-0.2, -0.15) is 0 Å². The summed E-state index contributed by atoms with van der Waals surface area (Å²) in [4.78, 5) is 7.77. The molecule has 1 aromatic heterocycles. The lowest BCUT2D eigenvalue weighted by Crippen LogP contribution is -2.13. The summed E-state index contributed by atoms with van der Waals surface area (Å²) in [6.45, 7) is 15.2. The van der Waals surface area contributed by atoms with Crippen molar-refractivity contribution in [2.75, 3.05) is 0 Å². The molecule has 0 fully saturated rings. The average molecular weight is 174 g/mol. The number of rotatable bonds is 0. The first kappa shape index (κ1) is 9.73. The summed E-state index contributed by atoms with van der Waals surface area (Å²) in [5.74, 6) is 0. The van der Waals surface area contributed by atoms with Crippen molar-refractivity contribution >= 4 is 5.69 Å². The largest absolute Gasteiger partial charge is 0.263 e. The minimum atomic E-state index is 0.0210. The number of nitrogens with zero attached hydrogens (tertiary/aromatic N) is 2. The zero-order valence-electron chi connectivity index (χ0n) is 8.55. The molecule has 0 atom stereocenters. The van der Waals surface area contributed by atoms with E-state index in [-0.39, 0.29) is 5.41 Å². The quantitative estimate of drug-likeness (QED) is 0.552. The second kappa shape index (κ2) is 3.18. The first-order chi connectivity index (χ1) is 5.95. The molecule has 1 heterocycles. The first-order valence-electron chi connectivity index (χ1n) is 4.30. The highest BCUT2D eigenvalue weighted by atomic mass is 14.7. The monoisotopic (exact) mass is 174 g/mol. The van der Waals surface area contributed by atoms with Crippen molar-refractivity contribution in [3.8, 4) is 0 Å². The van der Waals surface area contributed by atoms with Gasteiger partial charge in [0.15, 0.2) is 5.69 Å². The van der Waals surface area contributed by atoms with Crippen molar-refractivity contribution in [1.82, 2.24) is 4.98 Å². The van der Waals surface area contributed by atoms with Crippen LogP contribution in [0.5, 0.6) is 0 Å². The molecule has 0 spiro atoms. The van der Waals surface area contributed by atoms with Gasteiger partial charge in [0, 0.05) is 17.3 Å². The minimum Gasteiger partial charge on any atom is -0.263 e. The maximum Gasteiger partial charge on any atom is 0.193 e. The Hall–Kier alpha value is -1.36. The molecule has 1 aromatic rings. The Morgan fingerprint density at radius 2 is 2.00 bits per heavy atom. The molecule has 13 heavy (non-hydrogen) atoms. The fourth-order valence-corrected chi connectivity index (χ4v) is 1.04. The Morgan fingerprint density at radius 3 is 2.46 bits per heavy atom. The van der Waals surface area contributed by atoms with Gasteiger partial charge in [0.1, 0.15) is 0 Å². The second-order valence-electron chi connectivity index (χ2n) is 4.22. The van der Waals surface area contributed by atoms with Gasteiger partial charge in [-0.3, -0.25) is 4.98 Å². The van der Waals surface area contributed by atoms with Gasteiger partial charge in [-0.1, -0.05) is 20.8 Å². The van der Waals surface area contributed by atoms with E-state index in [9.17, 15) is 0 Å². The Kier molecular flexibility index (Phi) is 2.38. The molecule has 2 nitrogen and oxygen atoms in total. The Balaban J connectivity index is 3.24. The number of aromatic nitrogens is 1. The predicted molar refractivity (Wildman–Crippen MR) is 53.9 cm³/mol. The Labute approximate surface area is 79.4 Å². The van der Waals surface area contributed by atoms with Gasteiger partial charge in [-0.15, -0.1) is 0 Å². The van der Waals surface area contributed by atoms with Crippen LogP contribution in [0.25, 0.3) is 4.85 Å². The smallest absolute Gasteiger partial charge is 0.193 e. The highest BCUT2D eigenvalue weighted by Crippen LogP contribution is 2.25. The van der Waals surface area contributed by atoms with E-state index in [0.717, 1.165) is 11.3 Å². The molecule has 68 valence electrons. The van der Waals surface area contributed by atoms with E-state index >= 15 is 0 Å². The molecule has 0 bridgehead atoms. The van der Waals surface area contributed by atoms with Crippen molar-refractivity contribution in [1.29, 1.82) is 0 Å². The molecule has 0 aliphatic heterocycles. The third-order valence-electron chi connectivity index (χ3n) is 1.96. The van der Waals surface area contributed by atoms with Crippen molar-refractivity contribution < 1.29 is 0 Å². The molecule has 0 N–H and O–H groups in total. The number of hydrogen-bond donors (Lipinski definition) is 0. The normalized spacial score (nSPS) is 11.0. The molecule has 2 heteroatoms. The third-order valence-corrected chi connectivity index (χ3v) is 1.96. The lowest BCUT2D eigenvalue weighted by atomic mass is 9.91. The van der Waals surface area contributed by atoms with E-state index in [0.29, 0.717) is 5.69 Å². The van der Waals surface area contributed by atoms with Crippen LogP contribution in [0.15, 0.2) is 12.3 Å². The number of pyridine rings is 1. The van der Waals surface area contributed by atoms with Crippen LogP contribution < -0.4 is 0 Å². The maximum absolute atomic E-state index is 6.98. The van der Waals surface area contributed by atoms with E-state index in [2.05, 4.69) is 30.6 Å². The Morgan fingerprint density at radius 1 is 1.38 bits per heavy atom. The van der Waals surface area contributed by atoms with Crippen LogP contribution in [0.1, 0.15) is 32.0 Å². The lowest BCUT2D eigenvalue weighted by molar-refractivity contribution is 0.569. The molecular weight excluding hydrogens is 160 g/mol. The zero-order valence-corrected chi connectivity index (χ0v) is 8.55. The van der Waals surface area contributed by atoms with Gasteiger partial charge in [0.2, 0.25) is 0 Å². The van der Waals surface area contributed by atoms with Crippen LogP contribution in [-0.2, 0) is 5.41 Å². The molecule has 1 rings (SSSR count). The molecule has 0 aliphatic carbocycles. The molecule has 0 aliphatic rings. The van der Waals surface area contributed by atoms with Gasteiger partial charge >= 0.3 is 0 Å². The van der Waals surface area contributed by atoms with Crippen LogP contribution >= 0.6 is 0 Å². The summed E-state index contributed by atoms with van der Waals surface area (Å²) in [5.41, 5.74) is 2.65. The third kappa shape index (κ3) is 2.06. The summed E-state index contributed by atoms with van der Waals surface area (Å²) in [6.07, 6.45) is 1.77. The molecule has 0 aromatic carbocycles. The number of hydrogen-bond acceptors (Lipinski definition) is 1. The summed E-state index contributed by atoms with van der Waals surface area (Å²) < 4.78 is 0. The number of aryl methyl sites for hydroxylation is 1. The van der Waals surface area contributed by atoms with Crippen molar-refractivity contribution in [2.45, 2.75) is 33.1 Å². The Bertz CT molecular complexity index is 353. The minimum absolute atomic E-state index is 0.0210. The fourth-order valence-electron chi connectivity index (χ4n) is 1.04. The maximum atomic E-state index is 6.98. The zero-order chi connectivity index (χ0) is 10.1. The molecule has 0 saturated carbocycles. The van der Waals surface area contributed by atoms with Gasteiger partial charge in [-0.25, -0.2) is 4.85 Å². The van der Waals surface area contributed by atoms with E-state index in [1.807, 2.05) is 13.0 Å². The molecule has 0 unspecified atom stereocenters. The molecular formula is C11H14N2. The van der Waals surface area contributed by atoms with Crippen molar-refractivity contribution in [3.63, 3.8) is 0 Å². The van der Waals surface area contributed by atoms with Crippen LogP contribution in [0.3, 0.4) is 0 Å². The fraction of sp³-hybridized carbons (Fsp3) is 0.455. The van der Waals surface area contributed by atoms with Crippen molar-refractivity contribution in [3.05, 3.63) is 34.9 Å². The lowest BCUT2D eigenvalue weighted by Gasteiger charge is -2.18. The van der Waals surface area contributed by atoms with Gasteiger partial charge < -0.3 is 0 Å². The van der Waals surface area contributed by atoms with E-state index < -0.39 is 0 Å². The summed E-state index contributed by atoms with van der Waals surface area (Å²) >= 11 is 0. The topological polar surface area (TPSA) is 17.2 Å². The first-order valence-corrected chi connectivity index (χ1v) is 4.30. The van der Waals surface area contributed by atoms with Gasteiger partial charge in [0.05, 0.1) is 6.57 Å². The average Bonchev–Trinajstić information content (AvgIpc) is 2.03. The van der Waals surface area contributed by atoms with Gasteiger partial charge in [-0.05, 0) is 18.6 Å². The van der Waals surface area contributed by atoms with E-state index in [4.69, 9.17) is 6.57 Å². The predicted octanol–water partition coefficient (Wildman–Crippen LogP) is 3.24. The molecule has 0 radical (unpaired) electrons. The van der Waals surface area contributed by atoms with Gasteiger partial charge in [0.25, 0.3) is 0 Å². The second-order valence-corrected chi connectivity index (χ2v) is 4.22. The summed E-state index contributed by atoms with van der Waals surface area (Å²) in [7, 11) is 0. The molecule has 0 amide bonds. The summed E-state index contributed by atoms with van der Waals surface area (Å²) in [6, 6.07) is 1.88. The van der Waals surface area contributed by atoms with Crippen LogP contribution in [-0.4, -0.2) is 4.98 Å². The SMILES string of the molecule is [C-]#[N+]c1cc(C(C)(C)C)ncc1C. The van der Waals surface area contributed by atoms with E-state index in [1.54, 1.807) is 6.20 Å². The van der Waals surface area contributed by atoms with Crippen LogP contribution in [0, 0.1) is 13.5 Å². The summed E-state index contributed by atoms with van der Waals surface area (Å²) in [5, 5.41) is 0. The van der Waals surface area contributed by atoms with Crippen LogP contribution in [0.2, 0.25) is 0 Å². The molecule has 0 saturated heterocycles. The van der Waals surface area contributed by atoms with E-state index in [1.165, 1.54) is 0 Å². The standard InChI is InChI=1S/C11H14N2/c1-8-7-13-10(11(2,3)4)6-9(8)12-5/h6-7H,1-4H3. The highest BCUT2D eigenvalue weighted by molar-refractivity contribution is 5.52. The highest BCUT2D eigenvalue weighted by Gasteiger charge is 2.15.